The number of amides is 2. The van der Waals surface area contributed by atoms with Gasteiger partial charge in [-0.2, -0.15) is 0 Å². The summed E-state index contributed by atoms with van der Waals surface area (Å²) in [6.07, 6.45) is 2.72. The number of unbranched alkanes of at least 4 members (excludes halogenated alkanes) is 1. The van der Waals surface area contributed by atoms with Crippen LogP contribution in [0.1, 0.15) is 32.3 Å². The monoisotopic (exact) mass is 547 g/mol. The molecule has 2 rings (SSSR count). The molecule has 1 unspecified atom stereocenters. The molecule has 0 saturated carbocycles. The fourth-order valence-electron chi connectivity index (χ4n) is 3.17. The first-order valence-electron chi connectivity index (χ1n) is 10.7. The minimum Gasteiger partial charge on any atom is -0.354 e. The second-order valence-electron chi connectivity index (χ2n) is 7.84. The first kappa shape index (κ1) is 28.2. The predicted octanol–water partition coefficient (Wildman–Crippen LogP) is 4.75. The predicted molar refractivity (Wildman–Crippen MR) is 138 cm³/mol. The van der Waals surface area contributed by atoms with E-state index in [1.807, 2.05) is 6.92 Å². The largest absolute Gasteiger partial charge is 0.354 e. The number of nitrogens with one attached hydrogen (secondary N) is 1. The third kappa shape index (κ3) is 8.05. The second kappa shape index (κ2) is 12.6. The number of anilines is 1. The molecule has 1 N–H and O–H groups in total. The Bertz CT molecular complexity index is 1110. The molecule has 0 aliphatic heterocycles. The molecule has 7 nitrogen and oxygen atoms in total. The molecule has 0 fully saturated rings. The molecule has 0 spiro atoms. The summed E-state index contributed by atoms with van der Waals surface area (Å²) < 4.78 is 26.0. The standard InChI is InChI=1S/C23H28Cl3N3O4S/c1-4-5-12-27-23(31)16(2)28(14-17-6-11-20(25)21(26)13-17)22(30)15-29(34(3,32)33)19-9-7-18(24)8-10-19/h6-11,13,16H,4-5,12,14-15H2,1-3H3,(H,27,31). The van der Waals surface area contributed by atoms with E-state index >= 15 is 0 Å². The van der Waals surface area contributed by atoms with Gasteiger partial charge in [-0.05, 0) is 55.3 Å². The van der Waals surface area contributed by atoms with Gasteiger partial charge in [0.1, 0.15) is 12.6 Å². The Labute approximate surface area is 216 Å². The molecular formula is C23H28Cl3N3O4S. The zero-order valence-electron chi connectivity index (χ0n) is 19.2. The minimum absolute atomic E-state index is 0.0380. The van der Waals surface area contributed by atoms with Gasteiger partial charge in [0.2, 0.25) is 21.8 Å². The molecule has 2 aromatic carbocycles. The Hall–Kier alpha value is -2.00. The van der Waals surface area contributed by atoms with Crippen molar-refractivity contribution in [3.63, 3.8) is 0 Å². The summed E-state index contributed by atoms with van der Waals surface area (Å²) in [5.41, 5.74) is 0.933. The molecule has 0 saturated heterocycles. The van der Waals surface area contributed by atoms with E-state index in [-0.39, 0.29) is 18.1 Å². The smallest absolute Gasteiger partial charge is 0.244 e. The number of benzene rings is 2. The van der Waals surface area contributed by atoms with Gasteiger partial charge >= 0.3 is 0 Å². The van der Waals surface area contributed by atoms with E-state index in [0.717, 1.165) is 23.4 Å². The van der Waals surface area contributed by atoms with Crippen LogP contribution in [0.4, 0.5) is 5.69 Å². The average molecular weight is 549 g/mol. The van der Waals surface area contributed by atoms with Crippen LogP contribution >= 0.6 is 34.8 Å². The lowest BCUT2D eigenvalue weighted by atomic mass is 10.1. The first-order chi connectivity index (χ1) is 15.9. The number of sulfonamides is 1. The van der Waals surface area contributed by atoms with Crippen LogP contribution in [-0.4, -0.2) is 50.5 Å². The maximum absolute atomic E-state index is 13.4. The van der Waals surface area contributed by atoms with Gasteiger partial charge in [-0.25, -0.2) is 8.42 Å². The summed E-state index contributed by atoms with van der Waals surface area (Å²) in [6, 6.07) is 10.2. The van der Waals surface area contributed by atoms with E-state index < -0.39 is 28.5 Å². The molecule has 0 heterocycles. The molecule has 2 amide bonds. The van der Waals surface area contributed by atoms with E-state index in [9.17, 15) is 18.0 Å². The van der Waals surface area contributed by atoms with Crippen molar-refractivity contribution < 1.29 is 18.0 Å². The highest BCUT2D eigenvalue weighted by Gasteiger charge is 2.30. The molecule has 0 aliphatic rings. The lowest BCUT2D eigenvalue weighted by Gasteiger charge is -2.31. The van der Waals surface area contributed by atoms with Crippen molar-refractivity contribution >= 4 is 62.3 Å². The number of nitrogens with zero attached hydrogens (tertiary/aromatic N) is 2. The van der Waals surface area contributed by atoms with E-state index in [1.54, 1.807) is 25.1 Å². The van der Waals surface area contributed by atoms with E-state index in [2.05, 4.69) is 5.32 Å². The van der Waals surface area contributed by atoms with Crippen LogP contribution in [0.3, 0.4) is 0 Å². The zero-order chi connectivity index (χ0) is 25.5. The third-order valence-corrected chi connectivity index (χ3v) is 7.26. The molecule has 0 aliphatic carbocycles. The lowest BCUT2D eigenvalue weighted by molar-refractivity contribution is -0.139. The van der Waals surface area contributed by atoms with Crippen molar-refractivity contribution in [3.05, 3.63) is 63.1 Å². The molecule has 1 atom stereocenters. The van der Waals surface area contributed by atoms with Crippen molar-refractivity contribution in [2.45, 2.75) is 39.3 Å². The summed E-state index contributed by atoms with van der Waals surface area (Å²) >= 11 is 18.1. The summed E-state index contributed by atoms with van der Waals surface area (Å²) in [7, 11) is -3.80. The Morgan fingerprint density at radius 3 is 2.24 bits per heavy atom. The second-order valence-corrected chi connectivity index (χ2v) is 11.0. The van der Waals surface area contributed by atoms with Crippen LogP contribution in [0.15, 0.2) is 42.5 Å². The van der Waals surface area contributed by atoms with Crippen molar-refractivity contribution in [1.82, 2.24) is 10.2 Å². The van der Waals surface area contributed by atoms with Gasteiger partial charge in [0.05, 0.1) is 22.0 Å². The number of hydrogen-bond acceptors (Lipinski definition) is 4. The van der Waals surface area contributed by atoms with Crippen LogP contribution < -0.4 is 9.62 Å². The van der Waals surface area contributed by atoms with Gasteiger partial charge in [0.25, 0.3) is 0 Å². The van der Waals surface area contributed by atoms with Crippen molar-refractivity contribution in [3.8, 4) is 0 Å². The highest BCUT2D eigenvalue weighted by Crippen LogP contribution is 2.25. The quantitative estimate of drug-likeness (QED) is 0.411. The molecular weight excluding hydrogens is 521 g/mol. The van der Waals surface area contributed by atoms with Crippen LogP contribution in [0.25, 0.3) is 0 Å². The van der Waals surface area contributed by atoms with Crippen molar-refractivity contribution in [1.29, 1.82) is 0 Å². The maximum Gasteiger partial charge on any atom is 0.244 e. The Morgan fingerprint density at radius 2 is 1.68 bits per heavy atom. The molecule has 0 radical (unpaired) electrons. The van der Waals surface area contributed by atoms with Crippen LogP contribution in [0.5, 0.6) is 0 Å². The highest BCUT2D eigenvalue weighted by atomic mass is 35.5. The molecule has 34 heavy (non-hydrogen) atoms. The summed E-state index contributed by atoms with van der Waals surface area (Å²) in [4.78, 5) is 27.5. The number of hydrogen-bond donors (Lipinski definition) is 1. The summed E-state index contributed by atoms with van der Waals surface area (Å²) in [5.74, 6) is -0.885. The highest BCUT2D eigenvalue weighted by molar-refractivity contribution is 7.92. The molecule has 0 aromatic heterocycles. The van der Waals surface area contributed by atoms with Gasteiger partial charge < -0.3 is 10.2 Å². The van der Waals surface area contributed by atoms with Gasteiger partial charge in [-0.1, -0.05) is 54.2 Å². The van der Waals surface area contributed by atoms with E-state index in [4.69, 9.17) is 34.8 Å². The third-order valence-electron chi connectivity index (χ3n) is 5.13. The number of rotatable bonds is 11. The van der Waals surface area contributed by atoms with Crippen LogP contribution in [0.2, 0.25) is 15.1 Å². The topological polar surface area (TPSA) is 86.8 Å². The number of carbonyl (C=O) groups is 2. The van der Waals surface area contributed by atoms with Crippen LogP contribution in [-0.2, 0) is 26.2 Å². The van der Waals surface area contributed by atoms with Gasteiger partial charge in [0.15, 0.2) is 0 Å². The van der Waals surface area contributed by atoms with Gasteiger partial charge in [-0.15, -0.1) is 0 Å². The maximum atomic E-state index is 13.4. The number of halogens is 3. The van der Waals surface area contributed by atoms with Crippen molar-refractivity contribution in [2.75, 3.05) is 23.7 Å². The van der Waals surface area contributed by atoms with E-state index in [1.165, 1.54) is 29.2 Å². The van der Waals surface area contributed by atoms with Crippen molar-refractivity contribution in [2.24, 2.45) is 0 Å². The fourth-order valence-corrected chi connectivity index (χ4v) is 4.47. The first-order valence-corrected chi connectivity index (χ1v) is 13.7. The Balaban J connectivity index is 2.36. The normalized spacial score (nSPS) is 12.2. The number of carbonyl (C=O) groups excluding carboxylic acids is 2. The van der Waals surface area contributed by atoms with Crippen LogP contribution in [0, 0.1) is 0 Å². The molecule has 186 valence electrons. The Kier molecular flexibility index (Phi) is 10.5. The lowest BCUT2D eigenvalue weighted by Crippen LogP contribution is -2.51. The Morgan fingerprint density at radius 1 is 1.03 bits per heavy atom. The van der Waals surface area contributed by atoms with Gasteiger partial charge in [-0.3, -0.25) is 13.9 Å². The van der Waals surface area contributed by atoms with E-state index in [0.29, 0.717) is 27.2 Å². The summed E-state index contributed by atoms with van der Waals surface area (Å²) in [6.45, 7) is 3.63. The molecule has 2 aromatic rings. The molecule has 0 bridgehead atoms. The van der Waals surface area contributed by atoms with Gasteiger partial charge in [0, 0.05) is 18.1 Å². The zero-order valence-corrected chi connectivity index (χ0v) is 22.3. The molecule has 11 heteroatoms. The average Bonchev–Trinajstić information content (AvgIpc) is 2.77. The fraction of sp³-hybridized carbons (Fsp3) is 0.391. The summed E-state index contributed by atoms with van der Waals surface area (Å²) in [5, 5.41) is 3.92. The minimum atomic E-state index is -3.80. The SMILES string of the molecule is CCCCNC(=O)C(C)N(Cc1ccc(Cl)c(Cl)c1)C(=O)CN(c1ccc(Cl)cc1)S(C)(=O)=O.